The molecular formula is C27H30BrN3O3S. The third-order valence-electron chi connectivity index (χ3n) is 5.43. The second-order valence-corrected chi connectivity index (χ2v) is 12.2. The fourth-order valence-electron chi connectivity index (χ4n) is 3.32. The second kappa shape index (κ2) is 11.3. The van der Waals surface area contributed by atoms with Crippen LogP contribution in [0.15, 0.2) is 87.3 Å². The number of nitrogens with one attached hydrogen (secondary N) is 1. The Bertz CT molecular complexity index is 1280. The summed E-state index contributed by atoms with van der Waals surface area (Å²) in [5.74, 6) is -0.527. The third-order valence-corrected chi connectivity index (χ3v) is 7.77. The van der Waals surface area contributed by atoms with Crippen molar-refractivity contribution in [1.29, 1.82) is 0 Å². The molecule has 0 saturated carbocycles. The number of hydrogen-bond donors (Lipinski definition) is 1. The van der Waals surface area contributed by atoms with E-state index < -0.39 is 15.9 Å². The van der Waals surface area contributed by atoms with Gasteiger partial charge >= 0.3 is 0 Å². The molecule has 6 nitrogen and oxygen atoms in total. The van der Waals surface area contributed by atoms with E-state index in [0.29, 0.717) is 0 Å². The van der Waals surface area contributed by atoms with Gasteiger partial charge in [-0.05, 0) is 53.3 Å². The largest absolute Gasteiger partial charge is 0.272 e. The average Bonchev–Trinajstić information content (AvgIpc) is 2.80. The molecule has 0 spiro atoms. The Hall–Kier alpha value is -2.81. The molecular weight excluding hydrogens is 526 g/mol. The lowest BCUT2D eigenvalue weighted by Crippen LogP contribution is -2.39. The van der Waals surface area contributed by atoms with Crippen molar-refractivity contribution in [2.75, 3.05) is 6.54 Å². The van der Waals surface area contributed by atoms with Crippen molar-refractivity contribution in [2.24, 2.45) is 5.10 Å². The average molecular weight is 557 g/mol. The highest BCUT2D eigenvalue weighted by Gasteiger charge is 2.27. The topological polar surface area (TPSA) is 78.8 Å². The SMILES string of the molecule is Cc1ccc(S(=O)(=O)N(CC(=O)N/N=C\c2ccc(C(C)(C)C)cc2)Cc2ccc(Br)cc2)cc1. The first-order chi connectivity index (χ1) is 16.4. The number of aryl methyl sites for hydroxylation is 1. The van der Waals surface area contributed by atoms with Crippen LogP contribution in [0.4, 0.5) is 0 Å². The molecule has 3 aromatic rings. The lowest BCUT2D eigenvalue weighted by atomic mass is 9.87. The molecule has 0 bridgehead atoms. The molecule has 0 fully saturated rings. The molecule has 1 amide bonds. The Labute approximate surface area is 216 Å². The first-order valence-electron chi connectivity index (χ1n) is 11.2. The molecule has 0 aliphatic rings. The summed E-state index contributed by atoms with van der Waals surface area (Å²) in [6, 6.07) is 21.8. The molecule has 0 atom stereocenters. The van der Waals surface area contributed by atoms with Gasteiger partial charge < -0.3 is 0 Å². The van der Waals surface area contributed by atoms with Gasteiger partial charge in [0.1, 0.15) is 0 Å². The fourth-order valence-corrected chi connectivity index (χ4v) is 4.97. The van der Waals surface area contributed by atoms with Gasteiger partial charge in [-0.15, -0.1) is 0 Å². The highest BCUT2D eigenvalue weighted by atomic mass is 79.9. The number of nitrogens with zero attached hydrogens (tertiary/aromatic N) is 2. The van der Waals surface area contributed by atoms with Gasteiger partial charge in [0.05, 0.1) is 17.7 Å². The van der Waals surface area contributed by atoms with Crippen LogP contribution in [-0.4, -0.2) is 31.4 Å². The predicted molar refractivity (Wildman–Crippen MR) is 144 cm³/mol. The smallest absolute Gasteiger partial charge is 0.255 e. The van der Waals surface area contributed by atoms with E-state index in [1.807, 2.05) is 55.5 Å². The summed E-state index contributed by atoms with van der Waals surface area (Å²) in [6.07, 6.45) is 1.54. The van der Waals surface area contributed by atoms with Crippen molar-refractivity contribution < 1.29 is 13.2 Å². The van der Waals surface area contributed by atoms with Crippen LogP contribution in [0, 0.1) is 6.92 Å². The van der Waals surface area contributed by atoms with E-state index in [4.69, 9.17) is 0 Å². The van der Waals surface area contributed by atoms with Gasteiger partial charge in [0, 0.05) is 11.0 Å². The summed E-state index contributed by atoms with van der Waals surface area (Å²) in [4.78, 5) is 12.8. The van der Waals surface area contributed by atoms with Crippen LogP contribution in [0.2, 0.25) is 0 Å². The lowest BCUT2D eigenvalue weighted by molar-refractivity contribution is -0.121. The van der Waals surface area contributed by atoms with Crippen LogP contribution in [-0.2, 0) is 26.8 Å². The molecule has 0 aliphatic heterocycles. The molecule has 0 unspecified atom stereocenters. The van der Waals surface area contributed by atoms with Crippen molar-refractivity contribution in [2.45, 2.75) is 44.6 Å². The number of benzene rings is 3. The van der Waals surface area contributed by atoms with Crippen LogP contribution in [0.25, 0.3) is 0 Å². The summed E-state index contributed by atoms with van der Waals surface area (Å²) in [5, 5.41) is 4.02. The normalized spacial score (nSPS) is 12.3. The van der Waals surface area contributed by atoms with Gasteiger partial charge in [0.2, 0.25) is 10.0 Å². The van der Waals surface area contributed by atoms with Crippen molar-refractivity contribution >= 4 is 38.1 Å². The minimum Gasteiger partial charge on any atom is -0.272 e. The highest BCUT2D eigenvalue weighted by Crippen LogP contribution is 2.22. The highest BCUT2D eigenvalue weighted by molar-refractivity contribution is 9.10. The maximum Gasteiger partial charge on any atom is 0.255 e. The molecule has 3 rings (SSSR count). The molecule has 3 aromatic carbocycles. The number of hydrazone groups is 1. The molecule has 1 N–H and O–H groups in total. The van der Waals surface area contributed by atoms with Crippen molar-refractivity contribution in [3.8, 4) is 0 Å². The number of rotatable bonds is 8. The van der Waals surface area contributed by atoms with E-state index in [1.165, 1.54) is 11.8 Å². The van der Waals surface area contributed by atoms with Crippen LogP contribution >= 0.6 is 15.9 Å². The summed E-state index contributed by atoms with van der Waals surface area (Å²) in [7, 11) is -3.91. The third kappa shape index (κ3) is 7.59. The Morgan fingerprint density at radius 1 is 0.971 bits per heavy atom. The molecule has 0 saturated heterocycles. The molecule has 184 valence electrons. The van der Waals surface area contributed by atoms with E-state index in [2.05, 4.69) is 47.2 Å². The molecule has 0 heterocycles. The summed E-state index contributed by atoms with van der Waals surface area (Å²) < 4.78 is 28.8. The monoisotopic (exact) mass is 555 g/mol. The Morgan fingerprint density at radius 2 is 1.57 bits per heavy atom. The summed E-state index contributed by atoms with van der Waals surface area (Å²) >= 11 is 3.38. The number of carbonyl (C=O) groups excluding carboxylic acids is 1. The minimum atomic E-state index is -3.91. The molecule has 35 heavy (non-hydrogen) atoms. The van der Waals surface area contributed by atoms with E-state index in [1.54, 1.807) is 24.3 Å². The maximum absolute atomic E-state index is 13.4. The number of carbonyl (C=O) groups is 1. The maximum atomic E-state index is 13.4. The Kier molecular flexibility index (Phi) is 8.64. The summed E-state index contributed by atoms with van der Waals surface area (Å²) in [5.41, 5.74) is 6.24. The quantitative estimate of drug-likeness (QED) is 0.298. The van der Waals surface area contributed by atoms with Gasteiger partial charge in [0.25, 0.3) is 5.91 Å². The predicted octanol–water partition coefficient (Wildman–Crippen LogP) is 5.40. The van der Waals surface area contributed by atoms with Crippen LogP contribution in [0.5, 0.6) is 0 Å². The van der Waals surface area contributed by atoms with E-state index in [0.717, 1.165) is 25.5 Å². The zero-order chi connectivity index (χ0) is 25.6. The van der Waals surface area contributed by atoms with E-state index in [9.17, 15) is 13.2 Å². The minimum absolute atomic E-state index is 0.0467. The Balaban J connectivity index is 1.75. The van der Waals surface area contributed by atoms with Crippen molar-refractivity contribution in [3.05, 3.63) is 99.5 Å². The van der Waals surface area contributed by atoms with E-state index in [-0.39, 0.29) is 23.4 Å². The van der Waals surface area contributed by atoms with Gasteiger partial charge in [-0.2, -0.15) is 9.41 Å². The van der Waals surface area contributed by atoms with Crippen LogP contribution < -0.4 is 5.43 Å². The molecule has 0 aromatic heterocycles. The number of sulfonamides is 1. The molecule has 0 aliphatic carbocycles. The second-order valence-electron chi connectivity index (χ2n) is 9.38. The van der Waals surface area contributed by atoms with Gasteiger partial charge in [-0.1, -0.05) is 90.8 Å². The van der Waals surface area contributed by atoms with Crippen molar-refractivity contribution in [3.63, 3.8) is 0 Å². The lowest BCUT2D eigenvalue weighted by Gasteiger charge is -2.21. The van der Waals surface area contributed by atoms with E-state index >= 15 is 0 Å². The molecule has 0 radical (unpaired) electrons. The first kappa shape index (κ1) is 26.8. The number of amides is 1. The standard InChI is InChI=1S/C27H30BrN3O3S/c1-20-5-15-25(16-6-20)35(33,34)31(18-22-9-13-24(28)14-10-22)19-26(32)30-29-17-21-7-11-23(12-8-21)27(2,3)4/h5-17H,18-19H2,1-4H3,(H,30,32)/b29-17-. The Morgan fingerprint density at radius 3 is 2.14 bits per heavy atom. The molecule has 8 heteroatoms. The zero-order valence-electron chi connectivity index (χ0n) is 20.3. The fraction of sp³-hybridized carbons (Fsp3) is 0.259. The number of hydrogen-bond acceptors (Lipinski definition) is 4. The first-order valence-corrected chi connectivity index (χ1v) is 13.4. The summed E-state index contributed by atoms with van der Waals surface area (Å²) in [6.45, 7) is 7.99. The van der Waals surface area contributed by atoms with Crippen molar-refractivity contribution in [1.82, 2.24) is 9.73 Å². The number of halogens is 1. The zero-order valence-corrected chi connectivity index (χ0v) is 22.7. The van der Waals surface area contributed by atoms with Gasteiger partial charge in [0.15, 0.2) is 0 Å². The van der Waals surface area contributed by atoms with Gasteiger partial charge in [-0.25, -0.2) is 13.8 Å². The van der Waals surface area contributed by atoms with Gasteiger partial charge in [-0.3, -0.25) is 4.79 Å². The van der Waals surface area contributed by atoms with Crippen LogP contribution in [0.1, 0.15) is 43.0 Å². The van der Waals surface area contributed by atoms with Crippen LogP contribution in [0.3, 0.4) is 0 Å².